The summed E-state index contributed by atoms with van der Waals surface area (Å²) in [4.78, 5) is 45.6. The molecule has 8 nitrogen and oxygen atoms in total. The molecule has 3 aromatic rings. The first-order chi connectivity index (χ1) is 16.5. The summed E-state index contributed by atoms with van der Waals surface area (Å²) < 4.78 is 1.30. The SMILES string of the molecule is CN1CCN(C(=O)C2CCN(C(=O)c3nn(-c4ccccc4)c(=O)c4ccccc34)CC2)CC1. The number of hydrogen-bond acceptors (Lipinski definition) is 5. The van der Waals surface area contributed by atoms with Crippen molar-refractivity contribution in [3.63, 3.8) is 0 Å². The lowest BCUT2D eigenvalue weighted by Crippen LogP contribution is -2.51. The summed E-state index contributed by atoms with van der Waals surface area (Å²) in [5, 5.41) is 5.53. The van der Waals surface area contributed by atoms with E-state index in [2.05, 4.69) is 17.0 Å². The fourth-order valence-corrected chi connectivity index (χ4v) is 4.86. The van der Waals surface area contributed by atoms with Gasteiger partial charge in [-0.05, 0) is 38.1 Å². The van der Waals surface area contributed by atoms with E-state index in [0.29, 0.717) is 42.4 Å². The van der Waals surface area contributed by atoms with Gasteiger partial charge in [0.15, 0.2) is 5.69 Å². The van der Waals surface area contributed by atoms with Crippen molar-refractivity contribution in [2.75, 3.05) is 46.3 Å². The van der Waals surface area contributed by atoms with Crippen LogP contribution in [0.3, 0.4) is 0 Å². The summed E-state index contributed by atoms with van der Waals surface area (Å²) in [6, 6.07) is 16.3. The Morgan fingerprint density at radius 2 is 1.41 bits per heavy atom. The van der Waals surface area contributed by atoms with Gasteiger partial charge in [0.2, 0.25) is 5.91 Å². The van der Waals surface area contributed by atoms with Crippen molar-refractivity contribution in [3.05, 3.63) is 70.6 Å². The molecule has 2 fully saturated rings. The predicted molar refractivity (Wildman–Crippen MR) is 130 cm³/mol. The third-order valence-electron chi connectivity index (χ3n) is 6.95. The molecule has 2 aliphatic rings. The Bertz CT molecular complexity index is 1260. The van der Waals surface area contributed by atoms with Gasteiger partial charge in [0.1, 0.15) is 0 Å². The predicted octanol–water partition coefficient (Wildman–Crippen LogP) is 2.01. The largest absolute Gasteiger partial charge is 0.340 e. The van der Waals surface area contributed by atoms with Crippen LogP contribution in [0.4, 0.5) is 0 Å². The Hall–Kier alpha value is -3.52. The number of likely N-dealkylation sites (N-methyl/N-ethyl adjacent to an activating group) is 1. The topological polar surface area (TPSA) is 78.8 Å². The van der Waals surface area contributed by atoms with Gasteiger partial charge in [-0.1, -0.05) is 36.4 Å². The van der Waals surface area contributed by atoms with Gasteiger partial charge in [0.05, 0.1) is 11.1 Å². The number of carbonyl (C=O) groups excluding carboxylic acids is 2. The van der Waals surface area contributed by atoms with Crippen LogP contribution in [0.5, 0.6) is 0 Å². The fourth-order valence-electron chi connectivity index (χ4n) is 4.86. The fraction of sp³-hybridized carbons (Fsp3) is 0.385. The lowest BCUT2D eigenvalue weighted by Gasteiger charge is -2.37. The first kappa shape index (κ1) is 22.3. The first-order valence-electron chi connectivity index (χ1n) is 11.9. The third-order valence-corrected chi connectivity index (χ3v) is 6.95. The highest BCUT2D eigenvalue weighted by molar-refractivity contribution is 6.05. The van der Waals surface area contributed by atoms with Crippen molar-refractivity contribution < 1.29 is 9.59 Å². The van der Waals surface area contributed by atoms with Gasteiger partial charge in [-0.3, -0.25) is 14.4 Å². The molecule has 0 bridgehead atoms. The van der Waals surface area contributed by atoms with E-state index in [1.54, 1.807) is 35.2 Å². The maximum atomic E-state index is 13.6. The average Bonchev–Trinajstić information content (AvgIpc) is 2.89. The lowest BCUT2D eigenvalue weighted by atomic mass is 9.94. The zero-order chi connectivity index (χ0) is 23.7. The maximum Gasteiger partial charge on any atom is 0.279 e. The molecule has 0 unspecified atom stereocenters. The Balaban J connectivity index is 1.38. The summed E-state index contributed by atoms with van der Waals surface area (Å²) in [6.45, 7) is 4.35. The normalized spacial score (nSPS) is 17.8. The Morgan fingerprint density at radius 3 is 2.09 bits per heavy atom. The second kappa shape index (κ2) is 9.38. The molecule has 3 heterocycles. The molecule has 0 saturated carbocycles. The molecule has 176 valence electrons. The number of fused-ring (bicyclic) bond motifs is 1. The van der Waals surface area contributed by atoms with Crippen molar-refractivity contribution >= 4 is 22.6 Å². The summed E-state index contributed by atoms with van der Waals surface area (Å²) >= 11 is 0. The van der Waals surface area contributed by atoms with Crippen LogP contribution in [0.1, 0.15) is 23.3 Å². The van der Waals surface area contributed by atoms with Gasteiger partial charge < -0.3 is 14.7 Å². The molecule has 34 heavy (non-hydrogen) atoms. The number of aromatic nitrogens is 2. The highest BCUT2D eigenvalue weighted by Gasteiger charge is 2.32. The Morgan fingerprint density at radius 1 is 0.794 bits per heavy atom. The minimum Gasteiger partial charge on any atom is -0.340 e. The summed E-state index contributed by atoms with van der Waals surface area (Å²) in [6.07, 6.45) is 1.29. The highest BCUT2D eigenvalue weighted by atomic mass is 16.2. The van der Waals surface area contributed by atoms with Crippen molar-refractivity contribution in [1.82, 2.24) is 24.5 Å². The number of piperazine rings is 1. The number of likely N-dealkylation sites (tertiary alicyclic amines) is 1. The molecule has 0 atom stereocenters. The van der Waals surface area contributed by atoms with Crippen LogP contribution in [0.2, 0.25) is 0 Å². The van der Waals surface area contributed by atoms with Crippen LogP contribution in [0.15, 0.2) is 59.4 Å². The monoisotopic (exact) mass is 459 g/mol. The molecule has 0 aliphatic carbocycles. The van der Waals surface area contributed by atoms with E-state index in [4.69, 9.17) is 0 Å². The molecular formula is C26H29N5O3. The summed E-state index contributed by atoms with van der Waals surface area (Å²) in [5.74, 6) is -0.0387. The molecule has 2 amide bonds. The minimum absolute atomic E-state index is 0.0459. The lowest BCUT2D eigenvalue weighted by molar-refractivity contribution is -0.138. The number of nitrogens with zero attached hydrogens (tertiary/aromatic N) is 5. The van der Waals surface area contributed by atoms with Crippen molar-refractivity contribution in [3.8, 4) is 5.69 Å². The van der Waals surface area contributed by atoms with E-state index in [1.807, 2.05) is 29.2 Å². The van der Waals surface area contributed by atoms with Gasteiger partial charge in [-0.25, -0.2) is 0 Å². The molecule has 0 radical (unpaired) electrons. The molecule has 2 aromatic carbocycles. The maximum absolute atomic E-state index is 13.6. The smallest absolute Gasteiger partial charge is 0.279 e. The van der Waals surface area contributed by atoms with E-state index in [0.717, 1.165) is 26.2 Å². The van der Waals surface area contributed by atoms with Gasteiger partial charge in [-0.2, -0.15) is 9.78 Å². The Labute approximate surface area is 198 Å². The van der Waals surface area contributed by atoms with Gasteiger partial charge in [0.25, 0.3) is 11.5 Å². The Kier molecular flexibility index (Phi) is 6.15. The summed E-state index contributed by atoms with van der Waals surface area (Å²) in [5.41, 5.74) is 0.626. The molecular weight excluding hydrogens is 430 g/mol. The van der Waals surface area contributed by atoms with E-state index in [9.17, 15) is 14.4 Å². The van der Waals surface area contributed by atoms with Crippen LogP contribution in [-0.2, 0) is 4.79 Å². The van der Waals surface area contributed by atoms with E-state index >= 15 is 0 Å². The molecule has 8 heteroatoms. The van der Waals surface area contributed by atoms with Crippen molar-refractivity contribution in [2.24, 2.45) is 5.92 Å². The number of amides is 2. The van der Waals surface area contributed by atoms with Crippen LogP contribution in [-0.4, -0.2) is 82.6 Å². The van der Waals surface area contributed by atoms with Crippen LogP contribution in [0, 0.1) is 5.92 Å². The number of carbonyl (C=O) groups is 2. The van der Waals surface area contributed by atoms with Crippen LogP contribution >= 0.6 is 0 Å². The zero-order valence-electron chi connectivity index (χ0n) is 19.4. The zero-order valence-corrected chi connectivity index (χ0v) is 19.4. The number of rotatable bonds is 3. The molecule has 1 aromatic heterocycles. The second-order valence-electron chi connectivity index (χ2n) is 9.14. The van der Waals surface area contributed by atoms with Gasteiger partial charge in [0, 0.05) is 50.6 Å². The van der Waals surface area contributed by atoms with Crippen molar-refractivity contribution in [1.29, 1.82) is 0 Å². The average molecular weight is 460 g/mol. The molecule has 5 rings (SSSR count). The quantitative estimate of drug-likeness (QED) is 0.599. The van der Waals surface area contributed by atoms with Gasteiger partial charge >= 0.3 is 0 Å². The van der Waals surface area contributed by atoms with E-state index in [-0.39, 0.29) is 29.0 Å². The van der Waals surface area contributed by atoms with E-state index in [1.165, 1.54) is 4.68 Å². The van der Waals surface area contributed by atoms with E-state index < -0.39 is 0 Å². The molecule has 2 saturated heterocycles. The number of piperidine rings is 1. The van der Waals surface area contributed by atoms with Gasteiger partial charge in [-0.15, -0.1) is 0 Å². The summed E-state index contributed by atoms with van der Waals surface area (Å²) in [7, 11) is 2.07. The number of hydrogen-bond donors (Lipinski definition) is 0. The highest BCUT2D eigenvalue weighted by Crippen LogP contribution is 2.23. The van der Waals surface area contributed by atoms with Crippen molar-refractivity contribution in [2.45, 2.75) is 12.8 Å². The molecule has 0 N–H and O–H groups in total. The molecule has 2 aliphatic heterocycles. The number of benzene rings is 2. The first-order valence-corrected chi connectivity index (χ1v) is 11.9. The second-order valence-corrected chi connectivity index (χ2v) is 9.14. The standard InChI is InChI=1S/C26H29N5O3/c1-28-15-17-30(18-16-28)24(32)19-11-13-29(14-12-19)26(34)23-21-9-5-6-10-22(21)25(33)31(27-23)20-7-3-2-4-8-20/h2-10,19H,11-18H2,1H3. The molecule has 0 spiro atoms. The minimum atomic E-state index is -0.255. The van der Waals surface area contributed by atoms with Crippen LogP contribution < -0.4 is 5.56 Å². The third kappa shape index (κ3) is 4.21. The van der Waals surface area contributed by atoms with Crippen LogP contribution in [0.25, 0.3) is 16.5 Å². The number of para-hydroxylation sites is 1.